The Labute approximate surface area is 185 Å². The largest absolute Gasteiger partial charge is 0.381 e. The molecule has 0 radical (unpaired) electrons. The molecule has 3 aromatic carbocycles. The van der Waals surface area contributed by atoms with Crippen LogP contribution in [-0.2, 0) is 13.1 Å². The maximum atomic E-state index is 12.6. The van der Waals surface area contributed by atoms with Crippen molar-refractivity contribution in [3.8, 4) is 0 Å². The highest BCUT2D eigenvalue weighted by atomic mass is 35.5. The molecule has 0 amide bonds. The van der Waals surface area contributed by atoms with E-state index in [1.54, 1.807) is 12.1 Å². The minimum atomic E-state index is -0.220. The lowest BCUT2D eigenvalue weighted by atomic mass is 10.2. The molecule has 0 saturated carbocycles. The molecule has 0 spiro atoms. The molecule has 4 rings (SSSR count). The number of nitrogen functional groups attached to an aromatic ring is 1. The van der Waals surface area contributed by atoms with E-state index in [-0.39, 0.29) is 11.7 Å². The van der Waals surface area contributed by atoms with E-state index in [9.17, 15) is 4.79 Å². The van der Waals surface area contributed by atoms with Gasteiger partial charge in [-0.1, -0.05) is 72.3 Å². The third-order valence-corrected chi connectivity index (χ3v) is 5.08. The van der Waals surface area contributed by atoms with Gasteiger partial charge in [-0.3, -0.25) is 14.4 Å². The van der Waals surface area contributed by atoms with Crippen LogP contribution in [-0.4, -0.2) is 15.5 Å². The predicted molar refractivity (Wildman–Crippen MR) is 125 cm³/mol. The first-order valence-electron chi connectivity index (χ1n) is 9.88. The summed E-state index contributed by atoms with van der Waals surface area (Å²) in [5, 5.41) is 3.84. The number of nitrogens with two attached hydrogens (primary N) is 1. The summed E-state index contributed by atoms with van der Waals surface area (Å²) in [6, 6.07) is 23.2. The SMILES string of the molecule is CC(=O)n1c(=NCc2ccccc2)c(N)nc2c(NCc3ccccc3)cc(Cl)cc21. The Balaban J connectivity index is 1.83. The Morgan fingerprint density at radius 2 is 1.71 bits per heavy atom. The average molecular weight is 432 g/mol. The van der Waals surface area contributed by atoms with Gasteiger partial charge in [0.1, 0.15) is 5.52 Å². The average Bonchev–Trinajstić information content (AvgIpc) is 2.77. The Kier molecular flexibility index (Phi) is 6.00. The fourth-order valence-electron chi connectivity index (χ4n) is 3.42. The summed E-state index contributed by atoms with van der Waals surface area (Å²) in [7, 11) is 0. The molecule has 0 atom stereocenters. The number of carbonyl (C=O) groups excluding carboxylic acids is 1. The molecule has 0 aliphatic rings. The number of hydrogen-bond acceptors (Lipinski definition) is 5. The van der Waals surface area contributed by atoms with Crippen LogP contribution in [0.5, 0.6) is 0 Å². The van der Waals surface area contributed by atoms with E-state index in [2.05, 4.69) is 15.3 Å². The number of nitrogens with zero attached hydrogens (tertiary/aromatic N) is 3. The molecule has 0 aliphatic carbocycles. The number of rotatable bonds is 5. The first-order valence-corrected chi connectivity index (χ1v) is 10.3. The molecule has 0 unspecified atom stereocenters. The van der Waals surface area contributed by atoms with Gasteiger partial charge in [-0.2, -0.15) is 0 Å². The van der Waals surface area contributed by atoms with Crippen LogP contribution in [0.2, 0.25) is 5.02 Å². The Morgan fingerprint density at radius 3 is 2.35 bits per heavy atom. The third-order valence-electron chi connectivity index (χ3n) is 4.86. The molecule has 0 saturated heterocycles. The number of aromatic nitrogens is 2. The van der Waals surface area contributed by atoms with E-state index in [1.807, 2.05) is 60.7 Å². The lowest BCUT2D eigenvalue weighted by molar-refractivity contribution is 0.0936. The van der Waals surface area contributed by atoms with Crippen LogP contribution in [0.25, 0.3) is 11.0 Å². The normalized spacial score (nSPS) is 11.6. The van der Waals surface area contributed by atoms with Gasteiger partial charge in [-0.05, 0) is 23.3 Å². The minimum Gasteiger partial charge on any atom is -0.381 e. The molecular formula is C24H22ClN5O. The lowest BCUT2D eigenvalue weighted by Gasteiger charge is -2.15. The molecule has 3 N–H and O–H groups in total. The van der Waals surface area contributed by atoms with E-state index >= 15 is 0 Å². The van der Waals surface area contributed by atoms with Gasteiger partial charge in [-0.15, -0.1) is 0 Å². The molecular weight excluding hydrogens is 410 g/mol. The van der Waals surface area contributed by atoms with E-state index in [0.29, 0.717) is 40.3 Å². The monoisotopic (exact) mass is 431 g/mol. The van der Waals surface area contributed by atoms with Gasteiger partial charge in [-0.25, -0.2) is 4.98 Å². The standard InChI is InChI=1S/C24H22ClN5O/c1-16(31)30-21-13-19(25)12-20(27-14-17-8-4-2-5-9-17)22(21)29-23(26)24(30)28-15-18-10-6-3-7-11-18/h2-13,27H,14-15H2,1H3,(H2,26,29). The summed E-state index contributed by atoms with van der Waals surface area (Å²) in [4.78, 5) is 21.8. The maximum Gasteiger partial charge on any atom is 0.229 e. The highest BCUT2D eigenvalue weighted by Crippen LogP contribution is 2.27. The molecule has 0 bridgehead atoms. The number of hydrogen-bond donors (Lipinski definition) is 2. The highest BCUT2D eigenvalue weighted by molar-refractivity contribution is 6.31. The minimum absolute atomic E-state index is 0.184. The van der Waals surface area contributed by atoms with Crippen LogP contribution in [0.3, 0.4) is 0 Å². The second-order valence-corrected chi connectivity index (χ2v) is 7.57. The van der Waals surface area contributed by atoms with Crippen molar-refractivity contribution in [3.63, 3.8) is 0 Å². The fourth-order valence-corrected chi connectivity index (χ4v) is 3.63. The van der Waals surface area contributed by atoms with Gasteiger partial charge < -0.3 is 11.1 Å². The summed E-state index contributed by atoms with van der Waals surface area (Å²) >= 11 is 6.39. The lowest BCUT2D eigenvalue weighted by Crippen LogP contribution is -2.30. The van der Waals surface area contributed by atoms with Crippen LogP contribution in [0.15, 0.2) is 77.8 Å². The zero-order valence-corrected chi connectivity index (χ0v) is 17.8. The summed E-state index contributed by atoms with van der Waals surface area (Å²) in [6.07, 6.45) is 0. The Bertz CT molecular complexity index is 1300. The molecule has 1 heterocycles. The van der Waals surface area contributed by atoms with E-state index in [4.69, 9.17) is 17.3 Å². The molecule has 7 heteroatoms. The van der Waals surface area contributed by atoms with Crippen molar-refractivity contribution in [2.45, 2.75) is 20.0 Å². The van der Waals surface area contributed by atoms with Crippen LogP contribution >= 0.6 is 11.6 Å². The van der Waals surface area contributed by atoms with Crippen molar-refractivity contribution in [1.82, 2.24) is 9.55 Å². The van der Waals surface area contributed by atoms with E-state index in [0.717, 1.165) is 11.1 Å². The number of carbonyl (C=O) groups is 1. The van der Waals surface area contributed by atoms with Gasteiger partial charge in [0, 0.05) is 18.5 Å². The second-order valence-electron chi connectivity index (χ2n) is 7.14. The van der Waals surface area contributed by atoms with Gasteiger partial charge in [0.2, 0.25) is 5.91 Å². The first-order chi connectivity index (χ1) is 15.0. The topological polar surface area (TPSA) is 85.3 Å². The van der Waals surface area contributed by atoms with Gasteiger partial charge in [0.15, 0.2) is 11.3 Å². The van der Waals surface area contributed by atoms with Gasteiger partial charge >= 0.3 is 0 Å². The quantitative estimate of drug-likeness (QED) is 0.481. The number of nitrogens with one attached hydrogen (secondary N) is 1. The summed E-state index contributed by atoms with van der Waals surface area (Å²) in [6.45, 7) is 2.43. The van der Waals surface area contributed by atoms with Crippen LogP contribution in [0, 0.1) is 0 Å². The molecule has 0 aliphatic heterocycles. The van der Waals surface area contributed by atoms with Crippen molar-refractivity contribution in [2.75, 3.05) is 11.1 Å². The molecule has 4 aromatic rings. The first kappa shape index (κ1) is 20.6. The Morgan fingerprint density at radius 1 is 1.06 bits per heavy atom. The predicted octanol–water partition coefficient (Wildman–Crippen LogP) is 4.65. The summed E-state index contributed by atoms with van der Waals surface area (Å²) in [5.41, 5.74) is 10.5. The third kappa shape index (κ3) is 4.59. The van der Waals surface area contributed by atoms with E-state index in [1.165, 1.54) is 11.5 Å². The zero-order valence-electron chi connectivity index (χ0n) is 17.0. The Hall–Kier alpha value is -3.64. The molecule has 1 aromatic heterocycles. The number of anilines is 2. The van der Waals surface area contributed by atoms with Crippen molar-refractivity contribution in [3.05, 3.63) is 94.4 Å². The van der Waals surface area contributed by atoms with Crippen molar-refractivity contribution < 1.29 is 4.79 Å². The van der Waals surface area contributed by atoms with Crippen molar-refractivity contribution in [2.24, 2.45) is 4.99 Å². The van der Waals surface area contributed by atoms with Crippen LogP contribution in [0.4, 0.5) is 11.5 Å². The van der Waals surface area contributed by atoms with Gasteiger partial charge in [0.25, 0.3) is 0 Å². The number of benzene rings is 3. The van der Waals surface area contributed by atoms with Gasteiger partial charge in [0.05, 0.1) is 17.7 Å². The summed E-state index contributed by atoms with van der Waals surface area (Å²) in [5.74, 6) is -0.0362. The smallest absolute Gasteiger partial charge is 0.229 e. The van der Waals surface area contributed by atoms with Crippen molar-refractivity contribution >= 4 is 40.0 Å². The second kappa shape index (κ2) is 9.02. The molecule has 156 valence electrons. The van der Waals surface area contributed by atoms with E-state index < -0.39 is 0 Å². The summed E-state index contributed by atoms with van der Waals surface area (Å²) < 4.78 is 1.47. The molecule has 6 nitrogen and oxygen atoms in total. The number of fused-ring (bicyclic) bond motifs is 1. The van der Waals surface area contributed by atoms with Crippen LogP contribution < -0.4 is 16.5 Å². The number of halogens is 1. The molecule has 0 fully saturated rings. The van der Waals surface area contributed by atoms with Crippen molar-refractivity contribution in [1.29, 1.82) is 0 Å². The maximum absolute atomic E-state index is 12.6. The van der Waals surface area contributed by atoms with Crippen LogP contribution in [0.1, 0.15) is 22.8 Å². The highest BCUT2D eigenvalue weighted by Gasteiger charge is 2.15. The zero-order chi connectivity index (χ0) is 21.8. The molecule has 31 heavy (non-hydrogen) atoms. The fraction of sp³-hybridized carbons (Fsp3) is 0.125.